The second kappa shape index (κ2) is 9.17. The van der Waals surface area contributed by atoms with Crippen LogP contribution in [0.2, 0.25) is 0 Å². The van der Waals surface area contributed by atoms with Crippen molar-refractivity contribution in [1.82, 2.24) is 0 Å². The van der Waals surface area contributed by atoms with Gasteiger partial charge in [-0.15, -0.1) is 11.3 Å². The summed E-state index contributed by atoms with van der Waals surface area (Å²) in [7, 11) is 0. The number of benzene rings is 7. The van der Waals surface area contributed by atoms with Gasteiger partial charge in [-0.1, -0.05) is 115 Å². The van der Waals surface area contributed by atoms with E-state index in [2.05, 4.69) is 146 Å². The number of fused-ring (bicyclic) bond motifs is 6. The summed E-state index contributed by atoms with van der Waals surface area (Å²) in [6.07, 6.45) is 0. The highest BCUT2D eigenvalue weighted by atomic mass is 32.1. The molecule has 0 aliphatic carbocycles. The molecule has 0 atom stereocenters. The van der Waals surface area contributed by atoms with Gasteiger partial charge >= 0.3 is 0 Å². The van der Waals surface area contributed by atoms with Crippen LogP contribution in [0.25, 0.3) is 86.3 Å². The predicted octanol–water partition coefficient (Wildman–Crippen LogP) is 12.1. The van der Waals surface area contributed by atoms with Crippen LogP contribution in [0.1, 0.15) is 0 Å². The van der Waals surface area contributed by atoms with E-state index in [4.69, 9.17) is 4.42 Å². The van der Waals surface area contributed by atoms with Crippen molar-refractivity contribution >= 4 is 64.9 Å². The maximum Gasteiger partial charge on any atom is 0.136 e. The van der Waals surface area contributed by atoms with E-state index >= 15 is 0 Å². The Balaban J connectivity index is 1.27. The van der Waals surface area contributed by atoms with Crippen molar-refractivity contribution in [3.63, 3.8) is 0 Å². The van der Waals surface area contributed by atoms with Crippen LogP contribution < -0.4 is 0 Å². The predicted molar refractivity (Wildman–Crippen MR) is 180 cm³/mol. The van der Waals surface area contributed by atoms with Gasteiger partial charge in [0.15, 0.2) is 0 Å². The number of hydrogen-bond acceptors (Lipinski definition) is 2. The summed E-state index contributed by atoms with van der Waals surface area (Å²) in [5.74, 6) is 0. The van der Waals surface area contributed by atoms with Crippen molar-refractivity contribution in [1.29, 1.82) is 0 Å². The van der Waals surface area contributed by atoms with E-state index in [1.54, 1.807) is 0 Å². The zero-order chi connectivity index (χ0) is 27.6. The lowest BCUT2D eigenvalue weighted by Crippen LogP contribution is -1.90. The average molecular weight is 553 g/mol. The first-order valence-electron chi connectivity index (χ1n) is 14.3. The number of thiophene rings is 1. The van der Waals surface area contributed by atoms with Crippen molar-refractivity contribution in [3.8, 4) is 32.7 Å². The lowest BCUT2D eigenvalue weighted by Gasteiger charge is -2.17. The number of hydrogen-bond donors (Lipinski definition) is 0. The number of rotatable bonds is 3. The topological polar surface area (TPSA) is 13.1 Å². The molecule has 0 saturated carbocycles. The van der Waals surface area contributed by atoms with E-state index in [0.29, 0.717) is 0 Å². The second-order valence-electron chi connectivity index (χ2n) is 10.9. The summed E-state index contributed by atoms with van der Waals surface area (Å²) in [6.45, 7) is 0. The third kappa shape index (κ3) is 3.56. The molecule has 0 N–H and O–H groups in total. The lowest BCUT2D eigenvalue weighted by molar-refractivity contribution is 0.669. The summed E-state index contributed by atoms with van der Waals surface area (Å²) < 4.78 is 7.84. The van der Waals surface area contributed by atoms with Gasteiger partial charge in [-0.25, -0.2) is 0 Å². The quantitative estimate of drug-likeness (QED) is 0.199. The van der Waals surface area contributed by atoms with Crippen LogP contribution in [-0.4, -0.2) is 0 Å². The van der Waals surface area contributed by atoms with E-state index in [1.165, 1.54) is 69.7 Å². The Hall–Kier alpha value is -5.18. The Morgan fingerprint density at radius 2 is 0.929 bits per heavy atom. The van der Waals surface area contributed by atoms with Crippen LogP contribution in [0, 0.1) is 0 Å². The zero-order valence-electron chi connectivity index (χ0n) is 22.7. The molecule has 7 aromatic carbocycles. The smallest absolute Gasteiger partial charge is 0.136 e. The van der Waals surface area contributed by atoms with Gasteiger partial charge in [0, 0.05) is 20.3 Å². The van der Waals surface area contributed by atoms with E-state index in [9.17, 15) is 0 Å². The standard InChI is InChI=1S/C40H24OS/c1-3-11-25(12-4-1)37-23-28-22-36-34(24-38(28)42-37)29-20-19-27(21-35(29)41-36)40-32-17-9-7-15-30(32)39(26-13-5-2-6-14-26)31-16-8-10-18-33(31)40/h1-24H. The van der Waals surface area contributed by atoms with Gasteiger partial charge in [-0.05, 0) is 85.1 Å². The maximum absolute atomic E-state index is 6.56. The molecular weight excluding hydrogens is 529 g/mol. The van der Waals surface area contributed by atoms with Crippen molar-refractivity contribution in [2.45, 2.75) is 0 Å². The van der Waals surface area contributed by atoms with Crippen LogP contribution in [0.4, 0.5) is 0 Å². The molecule has 0 aliphatic heterocycles. The molecule has 0 spiro atoms. The molecule has 1 nitrogen and oxygen atoms in total. The van der Waals surface area contributed by atoms with Crippen molar-refractivity contribution in [2.24, 2.45) is 0 Å². The van der Waals surface area contributed by atoms with Crippen LogP contribution in [-0.2, 0) is 0 Å². The number of furan rings is 1. The van der Waals surface area contributed by atoms with Gasteiger partial charge in [-0.3, -0.25) is 0 Å². The Bertz CT molecular complexity index is 2390. The molecule has 0 saturated heterocycles. The third-order valence-electron chi connectivity index (χ3n) is 8.45. The summed E-state index contributed by atoms with van der Waals surface area (Å²) in [5.41, 5.74) is 8.04. The molecule has 2 aromatic heterocycles. The highest BCUT2D eigenvalue weighted by molar-refractivity contribution is 7.22. The van der Waals surface area contributed by atoms with Crippen LogP contribution in [0.15, 0.2) is 150 Å². The van der Waals surface area contributed by atoms with E-state index < -0.39 is 0 Å². The Morgan fingerprint density at radius 3 is 1.57 bits per heavy atom. The van der Waals surface area contributed by atoms with Gasteiger partial charge in [0.1, 0.15) is 11.2 Å². The van der Waals surface area contributed by atoms with E-state index in [-0.39, 0.29) is 0 Å². The third-order valence-corrected chi connectivity index (χ3v) is 9.60. The molecule has 0 amide bonds. The fourth-order valence-electron chi connectivity index (χ4n) is 6.56. The van der Waals surface area contributed by atoms with Crippen LogP contribution in [0.5, 0.6) is 0 Å². The van der Waals surface area contributed by atoms with E-state index in [0.717, 1.165) is 16.6 Å². The first-order chi connectivity index (χ1) is 20.8. The molecule has 0 bridgehead atoms. The summed E-state index contributed by atoms with van der Waals surface area (Å²) in [4.78, 5) is 1.28. The molecule has 9 aromatic rings. The van der Waals surface area contributed by atoms with Gasteiger partial charge in [0.2, 0.25) is 0 Å². The minimum atomic E-state index is 0.920. The lowest BCUT2D eigenvalue weighted by atomic mass is 9.86. The minimum Gasteiger partial charge on any atom is -0.456 e. The van der Waals surface area contributed by atoms with E-state index in [1.807, 2.05) is 11.3 Å². The van der Waals surface area contributed by atoms with Crippen molar-refractivity contribution in [2.75, 3.05) is 0 Å². The summed E-state index contributed by atoms with van der Waals surface area (Å²) >= 11 is 1.84. The van der Waals surface area contributed by atoms with Gasteiger partial charge in [-0.2, -0.15) is 0 Å². The Morgan fingerprint density at radius 1 is 0.381 bits per heavy atom. The van der Waals surface area contributed by atoms with Gasteiger partial charge in [0.25, 0.3) is 0 Å². The maximum atomic E-state index is 6.56. The minimum absolute atomic E-state index is 0.920. The Labute approximate surface area is 246 Å². The first-order valence-corrected chi connectivity index (χ1v) is 15.1. The largest absolute Gasteiger partial charge is 0.456 e. The van der Waals surface area contributed by atoms with Crippen LogP contribution >= 0.6 is 11.3 Å². The monoisotopic (exact) mass is 552 g/mol. The summed E-state index contributed by atoms with van der Waals surface area (Å²) in [6, 6.07) is 52.4. The van der Waals surface area contributed by atoms with Gasteiger partial charge < -0.3 is 4.42 Å². The molecular formula is C40H24OS. The summed E-state index contributed by atoms with van der Waals surface area (Å²) in [5, 5.41) is 8.56. The molecule has 2 heteroatoms. The molecule has 0 unspecified atom stereocenters. The molecule has 0 fully saturated rings. The molecule has 0 aliphatic rings. The highest BCUT2D eigenvalue weighted by Gasteiger charge is 2.18. The fraction of sp³-hybridized carbons (Fsp3) is 0. The van der Waals surface area contributed by atoms with Gasteiger partial charge in [0.05, 0.1) is 0 Å². The molecule has 9 rings (SSSR count). The first kappa shape index (κ1) is 23.5. The zero-order valence-corrected chi connectivity index (χ0v) is 23.5. The second-order valence-corrected chi connectivity index (χ2v) is 12.0. The average Bonchev–Trinajstić information content (AvgIpc) is 3.63. The molecule has 42 heavy (non-hydrogen) atoms. The normalized spacial score (nSPS) is 11.8. The Kier molecular flexibility index (Phi) is 5.13. The SMILES string of the molecule is c1ccc(-c2cc3cc4oc5cc(-c6c7ccccc7c(-c7ccccc7)c7ccccc67)ccc5c4cc3s2)cc1. The van der Waals surface area contributed by atoms with Crippen molar-refractivity contribution in [3.05, 3.63) is 146 Å². The fourth-order valence-corrected chi connectivity index (χ4v) is 7.65. The molecule has 2 heterocycles. The van der Waals surface area contributed by atoms with Crippen LogP contribution in [0.3, 0.4) is 0 Å². The molecule has 196 valence electrons. The van der Waals surface area contributed by atoms with Crippen molar-refractivity contribution < 1.29 is 4.42 Å². The molecule has 0 radical (unpaired) electrons. The highest BCUT2D eigenvalue weighted by Crippen LogP contribution is 2.45.